The van der Waals surface area contributed by atoms with Crippen molar-refractivity contribution >= 4 is 30.1 Å². The maximum absolute atomic E-state index is 12.1. The Morgan fingerprint density at radius 3 is 2.39 bits per heavy atom. The number of rotatable bonds is 8. The number of aliphatic imine (C=N–C) groups is 1. The normalized spacial score (nSPS) is 10.9. The fraction of sp³-hybridized carbons (Fsp3) is 0.111. The lowest BCUT2D eigenvalue weighted by Crippen LogP contribution is -2.23. The minimum Gasteiger partial charge on any atom is -0.376 e. The van der Waals surface area contributed by atoms with Crippen LogP contribution < -0.4 is 10.6 Å². The molecule has 0 spiro atoms. The number of carbonyl (C=O) groups is 1. The van der Waals surface area contributed by atoms with Crippen LogP contribution in [-0.4, -0.2) is 18.5 Å². The van der Waals surface area contributed by atoms with Gasteiger partial charge in [-0.25, -0.2) is 0 Å². The van der Waals surface area contributed by atoms with Crippen LogP contribution in [0.4, 0.5) is 5.69 Å². The number of hydrogen-bond donors (Lipinski definition) is 2. The Hall–Kier alpha value is -2.53. The second kappa shape index (κ2) is 9.48. The van der Waals surface area contributed by atoms with Crippen LogP contribution in [0, 0.1) is 0 Å². The maximum atomic E-state index is 12.1. The number of hydrogen-bond acceptors (Lipinski definition) is 4. The summed E-state index contributed by atoms with van der Waals surface area (Å²) in [5.74, 6) is 0.422. The van der Waals surface area contributed by atoms with Crippen LogP contribution >= 0.6 is 11.8 Å². The first-order valence-electron chi connectivity index (χ1n) is 7.19. The first kappa shape index (κ1) is 16.8. The van der Waals surface area contributed by atoms with E-state index in [1.54, 1.807) is 5.41 Å². The van der Waals surface area contributed by atoms with Crippen molar-refractivity contribution in [3.63, 3.8) is 0 Å². The molecule has 1 amide bonds. The lowest BCUT2D eigenvalue weighted by atomic mass is 10.2. The predicted octanol–water partition coefficient (Wildman–Crippen LogP) is 3.65. The summed E-state index contributed by atoms with van der Waals surface area (Å²) in [6, 6.07) is 19.6. The van der Waals surface area contributed by atoms with Crippen LogP contribution in [0.3, 0.4) is 0 Å². The molecular formula is C18H19N3OS. The molecule has 2 N–H and O–H groups in total. The summed E-state index contributed by atoms with van der Waals surface area (Å²) >= 11 is 1.46. The van der Waals surface area contributed by atoms with Crippen molar-refractivity contribution < 1.29 is 4.79 Å². The second-order valence-electron chi connectivity index (χ2n) is 4.68. The van der Waals surface area contributed by atoms with E-state index >= 15 is 0 Å². The highest BCUT2D eigenvalue weighted by atomic mass is 32.2. The summed E-state index contributed by atoms with van der Waals surface area (Å²) < 4.78 is 0. The molecule has 0 unspecified atom stereocenters. The average Bonchev–Trinajstić information content (AvgIpc) is 2.61. The summed E-state index contributed by atoms with van der Waals surface area (Å²) in [7, 11) is 0. The van der Waals surface area contributed by atoms with Gasteiger partial charge in [-0.1, -0.05) is 48.5 Å². The fourth-order valence-corrected chi connectivity index (χ4v) is 2.51. The first-order valence-corrected chi connectivity index (χ1v) is 8.24. The number of carbonyl (C=O) groups excluding carboxylic acids is 1. The summed E-state index contributed by atoms with van der Waals surface area (Å²) in [6.07, 6.45) is 0. The Morgan fingerprint density at radius 1 is 1.09 bits per heavy atom. The standard InChI is InChI=1S/C18H19N3OS/c1-19-17(13-23-14-21-16-10-6-3-7-11-16)18(22)20-12-15-8-4-2-5-9-15/h2-11,13,21H,1,12,14H2,(H,20,22)/b17-13-. The molecule has 118 valence electrons. The van der Waals surface area contributed by atoms with Crippen LogP contribution in [0.5, 0.6) is 0 Å². The second-order valence-corrected chi connectivity index (χ2v) is 5.54. The molecular weight excluding hydrogens is 306 g/mol. The Bertz CT molecular complexity index is 656. The van der Waals surface area contributed by atoms with Crippen LogP contribution in [0.1, 0.15) is 5.56 Å². The zero-order chi connectivity index (χ0) is 16.3. The van der Waals surface area contributed by atoms with Crippen LogP contribution in [0.2, 0.25) is 0 Å². The molecule has 0 bridgehead atoms. The van der Waals surface area contributed by atoms with E-state index in [1.165, 1.54) is 11.8 Å². The molecule has 0 saturated carbocycles. The van der Waals surface area contributed by atoms with Gasteiger partial charge < -0.3 is 10.6 Å². The summed E-state index contributed by atoms with van der Waals surface area (Å²) in [6.45, 7) is 3.93. The minimum absolute atomic E-state index is 0.226. The third kappa shape index (κ3) is 6.00. The van der Waals surface area contributed by atoms with Crippen LogP contribution in [0.15, 0.2) is 76.8 Å². The zero-order valence-electron chi connectivity index (χ0n) is 12.7. The molecule has 5 heteroatoms. The molecule has 0 atom stereocenters. The van der Waals surface area contributed by atoms with E-state index in [2.05, 4.69) is 22.3 Å². The Kier molecular flexibility index (Phi) is 6.94. The van der Waals surface area contributed by atoms with Crippen molar-refractivity contribution in [2.75, 3.05) is 11.2 Å². The largest absolute Gasteiger partial charge is 0.376 e. The van der Waals surface area contributed by atoms with E-state index in [1.807, 2.05) is 60.7 Å². The molecule has 0 aliphatic heterocycles. The summed E-state index contributed by atoms with van der Waals surface area (Å²) in [4.78, 5) is 15.9. The molecule has 4 nitrogen and oxygen atoms in total. The number of anilines is 1. The van der Waals surface area contributed by atoms with Crippen molar-refractivity contribution in [2.45, 2.75) is 6.54 Å². The predicted molar refractivity (Wildman–Crippen MR) is 98.4 cm³/mol. The highest BCUT2D eigenvalue weighted by Gasteiger charge is 2.06. The number of benzene rings is 2. The maximum Gasteiger partial charge on any atom is 0.270 e. The van der Waals surface area contributed by atoms with E-state index < -0.39 is 0 Å². The van der Waals surface area contributed by atoms with Gasteiger partial charge in [0, 0.05) is 17.6 Å². The third-order valence-corrected chi connectivity index (χ3v) is 3.73. The number of para-hydroxylation sites is 1. The van der Waals surface area contributed by atoms with E-state index in [9.17, 15) is 4.79 Å². The fourth-order valence-electron chi connectivity index (χ4n) is 1.83. The van der Waals surface area contributed by atoms with Gasteiger partial charge in [-0.3, -0.25) is 9.79 Å². The van der Waals surface area contributed by atoms with Crippen LogP contribution in [0.25, 0.3) is 0 Å². The van der Waals surface area contributed by atoms with E-state index in [-0.39, 0.29) is 5.91 Å². The van der Waals surface area contributed by atoms with Gasteiger partial charge in [-0.2, -0.15) is 0 Å². The molecule has 0 saturated heterocycles. The topological polar surface area (TPSA) is 53.5 Å². The van der Waals surface area contributed by atoms with Crippen molar-refractivity contribution in [2.24, 2.45) is 4.99 Å². The monoisotopic (exact) mass is 325 g/mol. The van der Waals surface area contributed by atoms with Gasteiger partial charge in [-0.15, -0.1) is 11.8 Å². The number of amides is 1. The average molecular weight is 325 g/mol. The quantitative estimate of drug-likeness (QED) is 0.337. The van der Waals surface area contributed by atoms with E-state index in [4.69, 9.17) is 0 Å². The molecule has 0 aliphatic carbocycles. The number of thioether (sulfide) groups is 1. The molecule has 2 rings (SSSR count). The van der Waals surface area contributed by atoms with Crippen molar-refractivity contribution in [1.29, 1.82) is 0 Å². The van der Waals surface area contributed by atoms with Gasteiger partial charge in [0.2, 0.25) is 0 Å². The van der Waals surface area contributed by atoms with Gasteiger partial charge in [-0.05, 0) is 24.4 Å². The van der Waals surface area contributed by atoms with Gasteiger partial charge in [0.25, 0.3) is 5.91 Å². The highest BCUT2D eigenvalue weighted by Crippen LogP contribution is 2.12. The smallest absolute Gasteiger partial charge is 0.270 e. The third-order valence-electron chi connectivity index (χ3n) is 3.03. The lowest BCUT2D eigenvalue weighted by Gasteiger charge is -2.06. The Labute approximate surface area is 140 Å². The van der Waals surface area contributed by atoms with Gasteiger partial charge in [0.15, 0.2) is 0 Å². The molecule has 2 aromatic carbocycles. The van der Waals surface area contributed by atoms with Crippen molar-refractivity contribution in [3.05, 3.63) is 77.3 Å². The molecule has 0 aromatic heterocycles. The molecule has 0 fully saturated rings. The lowest BCUT2D eigenvalue weighted by molar-refractivity contribution is -0.117. The van der Waals surface area contributed by atoms with E-state index in [0.29, 0.717) is 18.1 Å². The molecule has 0 aliphatic rings. The SMILES string of the molecule is C=N/C(=C\SCNc1ccccc1)C(=O)NCc1ccccc1. The highest BCUT2D eigenvalue weighted by molar-refractivity contribution is 8.02. The van der Waals surface area contributed by atoms with Crippen LogP contribution in [-0.2, 0) is 11.3 Å². The molecule has 0 radical (unpaired) electrons. The van der Waals surface area contributed by atoms with Gasteiger partial charge in [0.1, 0.15) is 5.70 Å². The van der Waals surface area contributed by atoms with Gasteiger partial charge >= 0.3 is 0 Å². The first-order chi connectivity index (χ1) is 11.3. The van der Waals surface area contributed by atoms with Crippen molar-refractivity contribution in [3.8, 4) is 0 Å². The Morgan fingerprint density at radius 2 is 1.74 bits per heavy atom. The number of nitrogens with zero attached hydrogens (tertiary/aromatic N) is 1. The minimum atomic E-state index is -0.226. The van der Waals surface area contributed by atoms with Crippen molar-refractivity contribution in [1.82, 2.24) is 5.32 Å². The Balaban J connectivity index is 1.78. The summed E-state index contributed by atoms with van der Waals surface area (Å²) in [5.41, 5.74) is 2.40. The molecule has 23 heavy (non-hydrogen) atoms. The zero-order valence-corrected chi connectivity index (χ0v) is 13.6. The molecule has 0 heterocycles. The van der Waals surface area contributed by atoms with E-state index in [0.717, 1.165) is 11.3 Å². The summed E-state index contributed by atoms with van der Waals surface area (Å²) in [5, 5.41) is 7.79. The van der Waals surface area contributed by atoms with Gasteiger partial charge in [0.05, 0.1) is 5.88 Å². The molecule has 2 aromatic rings. The number of nitrogens with one attached hydrogen (secondary N) is 2.